The minimum atomic E-state index is 0. The zero-order valence-electron chi connectivity index (χ0n) is 22.2. The summed E-state index contributed by atoms with van der Waals surface area (Å²) in [6.07, 6.45) is 2.35. The van der Waals surface area contributed by atoms with Crippen molar-refractivity contribution in [1.82, 2.24) is 9.55 Å². The summed E-state index contributed by atoms with van der Waals surface area (Å²) < 4.78 is 6.87. The van der Waals surface area contributed by atoms with Crippen molar-refractivity contribution in [1.29, 1.82) is 0 Å². The zero-order valence-corrected chi connectivity index (χ0v) is 36.4. The predicted molar refractivity (Wildman–Crippen MR) is 199 cm³/mol. The van der Waals surface area contributed by atoms with Crippen LogP contribution in [0.4, 0.5) is 0 Å². The van der Waals surface area contributed by atoms with Crippen molar-refractivity contribution in [2.75, 3.05) is 16.0 Å². The van der Waals surface area contributed by atoms with E-state index in [1.165, 1.54) is 50.0 Å². The van der Waals surface area contributed by atoms with Gasteiger partial charge in [0.2, 0.25) is 0 Å². The molecule has 0 atom stereocenters. The second kappa shape index (κ2) is 19.2. The van der Waals surface area contributed by atoms with Gasteiger partial charge < -0.3 is 15.0 Å². The maximum absolute atomic E-state index is 3.57. The maximum Gasteiger partial charge on any atom is 1.00 e. The van der Waals surface area contributed by atoms with Gasteiger partial charge in [-0.1, -0.05) is 112 Å². The topological polar surface area (TPSA) is 50.7 Å². The van der Waals surface area contributed by atoms with Crippen LogP contribution in [0.3, 0.4) is 0 Å². The van der Waals surface area contributed by atoms with Gasteiger partial charge in [-0.05, 0) is 85.6 Å². The third-order valence-corrected chi connectivity index (χ3v) is 9.75. The number of aromatic nitrogens is 2. The third-order valence-electron chi connectivity index (χ3n) is 6.09. The van der Waals surface area contributed by atoms with Crippen molar-refractivity contribution in [3.8, 4) is 0 Å². The molecule has 0 spiro atoms. The van der Waals surface area contributed by atoms with Gasteiger partial charge in [-0.15, -0.1) is 0 Å². The largest absolute Gasteiger partial charge is 1.00 e. The summed E-state index contributed by atoms with van der Waals surface area (Å²) in [6, 6.07) is 25.6. The smallest absolute Gasteiger partial charge is 0.870 e. The van der Waals surface area contributed by atoms with Crippen molar-refractivity contribution in [3.05, 3.63) is 90.7 Å². The molecule has 212 valence electrons. The predicted octanol–water partition coefficient (Wildman–Crippen LogP) is 9.94. The SMILES string of the molecule is BrCCCBr.BrCCCn1c2ccc(Br)cc2c2cc(Br)ccc21.Brc1ccc2[nH]c3ccc(Br)cc3c2c1.[K+].[OH-]. The van der Waals surface area contributed by atoms with Gasteiger partial charge in [0.05, 0.1) is 0 Å². The summed E-state index contributed by atoms with van der Waals surface area (Å²) >= 11 is 24.2. The molecule has 0 aliphatic carbocycles. The molecule has 2 heterocycles. The minimum absolute atomic E-state index is 0. The molecule has 0 aliphatic heterocycles. The molecule has 41 heavy (non-hydrogen) atoms. The number of fused-ring (bicyclic) bond motifs is 6. The molecule has 6 aromatic rings. The Balaban J connectivity index is 0.000000241. The number of aryl methyl sites for hydroxylation is 1. The van der Waals surface area contributed by atoms with Crippen molar-refractivity contribution >= 4 is 155 Å². The average Bonchev–Trinajstić information content (AvgIpc) is 3.42. The normalized spacial score (nSPS) is 10.5. The van der Waals surface area contributed by atoms with E-state index in [4.69, 9.17) is 0 Å². The quantitative estimate of drug-likeness (QED) is 0.136. The number of alkyl halides is 3. The monoisotopic (exact) mass is 1020 g/mol. The van der Waals surface area contributed by atoms with E-state index in [2.05, 4.69) is 182 Å². The number of rotatable bonds is 5. The number of hydrogen-bond donors (Lipinski definition) is 1. The van der Waals surface area contributed by atoms with Crippen molar-refractivity contribution in [2.24, 2.45) is 0 Å². The molecule has 0 amide bonds. The molecule has 0 aliphatic rings. The molecule has 3 nitrogen and oxygen atoms in total. The molecule has 0 radical (unpaired) electrons. The molecule has 2 N–H and O–H groups in total. The van der Waals surface area contributed by atoms with Crippen molar-refractivity contribution in [2.45, 2.75) is 19.4 Å². The molecular weight excluding hydrogens is 1000 g/mol. The van der Waals surface area contributed by atoms with Crippen LogP contribution in [0.15, 0.2) is 90.7 Å². The van der Waals surface area contributed by atoms with E-state index in [1.54, 1.807) is 0 Å². The Morgan fingerprint density at radius 1 is 0.512 bits per heavy atom. The van der Waals surface area contributed by atoms with Crippen LogP contribution >= 0.6 is 112 Å². The van der Waals surface area contributed by atoms with E-state index in [0.29, 0.717) is 0 Å². The van der Waals surface area contributed by atoms with E-state index < -0.39 is 0 Å². The standard InChI is InChI=1S/C15H12Br3N.C12H7Br2N.C3H6Br2.K.H2O/c16-6-1-7-19-14-4-2-10(17)8-12(14)13-9-11(18)3-5-15(13)19;13-7-1-3-11-9(5-7)10-6-8(14)2-4-12(10)15-11;4-2-1-3-5;;/h2-5,8-9H,1,6-7H2;1-6,15H;1-3H2;;1H2/q;;;+1;/p-1. The van der Waals surface area contributed by atoms with E-state index in [-0.39, 0.29) is 56.9 Å². The summed E-state index contributed by atoms with van der Waals surface area (Å²) in [5.74, 6) is 0. The Labute approximate surface area is 342 Å². The van der Waals surface area contributed by atoms with Crippen molar-refractivity contribution in [3.63, 3.8) is 0 Å². The van der Waals surface area contributed by atoms with E-state index >= 15 is 0 Å². The molecule has 0 saturated heterocycles. The zero-order chi connectivity index (χ0) is 27.9. The van der Waals surface area contributed by atoms with E-state index in [1.807, 2.05) is 12.1 Å². The Kier molecular flexibility index (Phi) is 18.1. The molecule has 0 saturated carbocycles. The summed E-state index contributed by atoms with van der Waals surface area (Å²) in [5.41, 5.74) is 4.95. The van der Waals surface area contributed by atoms with Gasteiger partial charge in [-0.25, -0.2) is 0 Å². The van der Waals surface area contributed by atoms with Crippen LogP contribution in [0, 0.1) is 0 Å². The number of nitrogens with one attached hydrogen (secondary N) is 1. The maximum atomic E-state index is 3.57. The fourth-order valence-electron chi connectivity index (χ4n) is 4.40. The van der Waals surface area contributed by atoms with Crippen LogP contribution in [0.2, 0.25) is 0 Å². The van der Waals surface area contributed by atoms with Gasteiger partial charge in [0, 0.05) is 84.0 Å². The van der Waals surface area contributed by atoms with Crippen LogP contribution in [-0.4, -0.2) is 31.0 Å². The number of halogens is 7. The average molecular weight is 1030 g/mol. The number of aromatic amines is 1. The van der Waals surface area contributed by atoms with Crippen LogP contribution in [0.5, 0.6) is 0 Å². The molecule has 0 bridgehead atoms. The second-order valence-corrected chi connectivity index (χ2v) is 14.8. The molecule has 4 aromatic carbocycles. The summed E-state index contributed by atoms with van der Waals surface area (Å²) in [7, 11) is 0. The number of nitrogens with zero attached hydrogens (tertiary/aromatic N) is 1. The Bertz CT molecular complexity index is 1600. The molecule has 0 unspecified atom stereocenters. The van der Waals surface area contributed by atoms with Gasteiger partial charge in [0.25, 0.3) is 0 Å². The molecule has 11 heteroatoms. The van der Waals surface area contributed by atoms with E-state index in [0.717, 1.165) is 46.8 Å². The molecular formula is C30H26Br7KN2O. The van der Waals surface area contributed by atoms with Crippen LogP contribution in [-0.2, 0) is 6.54 Å². The van der Waals surface area contributed by atoms with Gasteiger partial charge in [0.1, 0.15) is 0 Å². The molecule has 0 fully saturated rings. The number of H-pyrrole nitrogens is 1. The fraction of sp³-hybridized carbons (Fsp3) is 0.200. The van der Waals surface area contributed by atoms with Crippen molar-refractivity contribution < 1.29 is 56.9 Å². The van der Waals surface area contributed by atoms with Crippen LogP contribution in [0.25, 0.3) is 43.6 Å². The first-order valence-electron chi connectivity index (χ1n) is 12.3. The van der Waals surface area contributed by atoms with Gasteiger partial charge in [0.15, 0.2) is 0 Å². The Hall–Kier alpha value is 1.44. The summed E-state index contributed by atoms with van der Waals surface area (Å²) in [6.45, 7) is 1.04. The van der Waals surface area contributed by atoms with Gasteiger partial charge >= 0.3 is 51.4 Å². The van der Waals surface area contributed by atoms with Gasteiger partial charge in [-0.2, -0.15) is 0 Å². The first-order chi connectivity index (χ1) is 18.9. The second-order valence-electron chi connectivity index (χ2n) is 8.75. The van der Waals surface area contributed by atoms with Crippen LogP contribution in [0.1, 0.15) is 12.8 Å². The Morgan fingerprint density at radius 3 is 1.24 bits per heavy atom. The summed E-state index contributed by atoms with van der Waals surface area (Å²) in [4.78, 5) is 3.39. The first kappa shape index (κ1) is 38.6. The molecule has 6 rings (SSSR count). The number of benzene rings is 4. The minimum Gasteiger partial charge on any atom is -0.870 e. The van der Waals surface area contributed by atoms with E-state index in [9.17, 15) is 0 Å². The Morgan fingerprint density at radius 2 is 0.878 bits per heavy atom. The number of hydrogen-bond acceptors (Lipinski definition) is 1. The van der Waals surface area contributed by atoms with Gasteiger partial charge in [-0.3, -0.25) is 0 Å². The third kappa shape index (κ3) is 10.2. The summed E-state index contributed by atoms with van der Waals surface area (Å²) in [5, 5.41) is 8.36. The molecule has 2 aromatic heterocycles. The first-order valence-corrected chi connectivity index (χ1v) is 18.8. The fourth-order valence-corrected chi connectivity index (χ4v) is 7.41. The van der Waals surface area contributed by atoms with Crippen LogP contribution < -0.4 is 51.4 Å².